The van der Waals surface area contributed by atoms with Gasteiger partial charge in [-0.1, -0.05) is 23.2 Å². The molecular formula is C11H10Cl2N2O2. The third-order valence-corrected chi connectivity index (χ3v) is 3.08. The van der Waals surface area contributed by atoms with E-state index in [0.717, 1.165) is 0 Å². The van der Waals surface area contributed by atoms with Crippen LogP contribution in [0.3, 0.4) is 0 Å². The van der Waals surface area contributed by atoms with Gasteiger partial charge in [0, 0.05) is 10.9 Å². The number of rotatable bonds is 2. The Morgan fingerprint density at radius 2 is 2.06 bits per heavy atom. The van der Waals surface area contributed by atoms with Crippen LogP contribution >= 0.6 is 23.2 Å². The molecule has 3 N–H and O–H groups in total. The maximum absolute atomic E-state index is 11.6. The molecule has 0 aliphatic heterocycles. The summed E-state index contributed by atoms with van der Waals surface area (Å²) in [5.41, 5.74) is 7.05. The highest BCUT2D eigenvalue weighted by atomic mass is 35.5. The van der Waals surface area contributed by atoms with E-state index in [1.54, 1.807) is 19.1 Å². The molecule has 0 aliphatic rings. The Labute approximate surface area is 108 Å². The van der Waals surface area contributed by atoms with Crippen molar-refractivity contribution in [3.63, 3.8) is 0 Å². The summed E-state index contributed by atoms with van der Waals surface area (Å²) in [5.74, 6) is -0.492. The van der Waals surface area contributed by atoms with Crippen LogP contribution in [0.1, 0.15) is 17.4 Å². The summed E-state index contributed by atoms with van der Waals surface area (Å²) in [7, 11) is 0. The van der Waals surface area contributed by atoms with E-state index >= 15 is 0 Å². The van der Waals surface area contributed by atoms with Crippen molar-refractivity contribution in [2.75, 3.05) is 12.3 Å². The summed E-state index contributed by atoms with van der Waals surface area (Å²) in [5, 5.41) is 1.44. The third-order valence-electron chi connectivity index (χ3n) is 2.36. The Morgan fingerprint density at radius 3 is 2.71 bits per heavy atom. The predicted molar refractivity (Wildman–Crippen MR) is 68.7 cm³/mol. The molecule has 0 spiro atoms. The van der Waals surface area contributed by atoms with E-state index in [9.17, 15) is 4.79 Å². The van der Waals surface area contributed by atoms with Gasteiger partial charge >= 0.3 is 5.97 Å². The molecule has 2 aromatic rings. The van der Waals surface area contributed by atoms with Gasteiger partial charge in [-0.2, -0.15) is 0 Å². The molecule has 17 heavy (non-hydrogen) atoms. The normalized spacial score (nSPS) is 10.8. The van der Waals surface area contributed by atoms with Crippen molar-refractivity contribution < 1.29 is 9.53 Å². The first-order valence-corrected chi connectivity index (χ1v) is 5.73. The maximum atomic E-state index is 11.6. The number of hydrogen-bond acceptors (Lipinski definition) is 3. The highest BCUT2D eigenvalue weighted by molar-refractivity contribution is 6.43. The van der Waals surface area contributed by atoms with Crippen molar-refractivity contribution in [2.24, 2.45) is 0 Å². The van der Waals surface area contributed by atoms with Crippen molar-refractivity contribution in [2.45, 2.75) is 6.92 Å². The Bertz CT molecular complexity index is 593. The van der Waals surface area contributed by atoms with Gasteiger partial charge in [-0.25, -0.2) is 4.79 Å². The highest BCUT2D eigenvalue weighted by Crippen LogP contribution is 2.32. The first-order chi connectivity index (χ1) is 8.04. The van der Waals surface area contributed by atoms with Crippen LogP contribution in [0.25, 0.3) is 10.9 Å². The number of anilines is 1. The van der Waals surface area contributed by atoms with E-state index in [4.69, 9.17) is 33.7 Å². The number of hydrogen-bond donors (Lipinski definition) is 2. The molecule has 0 bridgehead atoms. The van der Waals surface area contributed by atoms with E-state index in [1.807, 2.05) is 0 Å². The lowest BCUT2D eigenvalue weighted by Gasteiger charge is -1.99. The predicted octanol–water partition coefficient (Wildman–Crippen LogP) is 3.23. The fraction of sp³-hybridized carbons (Fsp3) is 0.182. The molecule has 0 fully saturated rings. The topological polar surface area (TPSA) is 68.1 Å². The average molecular weight is 273 g/mol. The van der Waals surface area contributed by atoms with Gasteiger partial charge in [0.25, 0.3) is 0 Å². The third kappa shape index (κ3) is 2.06. The maximum Gasteiger partial charge on any atom is 0.356 e. The second-order valence-corrected chi connectivity index (χ2v) is 4.26. The largest absolute Gasteiger partial charge is 0.461 e. The van der Waals surface area contributed by atoms with Crippen LogP contribution in [0, 0.1) is 0 Å². The number of benzene rings is 1. The molecule has 0 unspecified atom stereocenters. The van der Waals surface area contributed by atoms with Gasteiger partial charge in [-0.15, -0.1) is 0 Å². The zero-order valence-corrected chi connectivity index (χ0v) is 10.5. The van der Waals surface area contributed by atoms with Gasteiger partial charge < -0.3 is 15.5 Å². The number of nitrogens with one attached hydrogen (secondary N) is 1. The molecule has 4 nitrogen and oxygen atoms in total. The number of carbonyl (C=O) groups is 1. The molecule has 0 saturated carbocycles. The molecule has 0 radical (unpaired) electrons. The number of aromatic nitrogens is 1. The number of carbonyl (C=O) groups excluding carboxylic acids is 1. The lowest BCUT2D eigenvalue weighted by atomic mass is 10.2. The van der Waals surface area contributed by atoms with Crippen LogP contribution in [0.4, 0.5) is 5.69 Å². The first-order valence-electron chi connectivity index (χ1n) is 4.98. The fourth-order valence-electron chi connectivity index (χ4n) is 1.57. The van der Waals surface area contributed by atoms with Crippen LogP contribution in [0.15, 0.2) is 12.1 Å². The van der Waals surface area contributed by atoms with Crippen LogP contribution in [0.2, 0.25) is 10.0 Å². The van der Waals surface area contributed by atoms with E-state index in [1.165, 1.54) is 0 Å². The summed E-state index contributed by atoms with van der Waals surface area (Å²) < 4.78 is 4.88. The molecule has 1 aromatic heterocycles. The van der Waals surface area contributed by atoms with Gasteiger partial charge in [-0.3, -0.25) is 0 Å². The number of nitrogens with two attached hydrogens (primary N) is 1. The van der Waals surface area contributed by atoms with Crippen LogP contribution in [-0.4, -0.2) is 17.6 Å². The standard InChI is InChI=1S/C11H10Cl2N2O2/c1-2-17-11(16)10-9(14)5-3-6(12)7(13)4-8(5)15-10/h3-4,15H,2,14H2,1H3. The Morgan fingerprint density at radius 1 is 1.41 bits per heavy atom. The van der Waals surface area contributed by atoms with E-state index in [2.05, 4.69) is 4.98 Å². The van der Waals surface area contributed by atoms with Crippen molar-refractivity contribution in [3.05, 3.63) is 27.9 Å². The molecule has 2 rings (SSSR count). The van der Waals surface area contributed by atoms with Crippen LogP contribution in [0.5, 0.6) is 0 Å². The van der Waals surface area contributed by atoms with Crippen LogP contribution < -0.4 is 5.73 Å². The number of ether oxygens (including phenoxy) is 1. The molecule has 1 heterocycles. The first kappa shape index (κ1) is 12.1. The summed E-state index contributed by atoms with van der Waals surface area (Å²) in [6.07, 6.45) is 0. The molecule has 6 heteroatoms. The minimum atomic E-state index is -0.492. The lowest BCUT2D eigenvalue weighted by molar-refractivity contribution is 0.0522. The number of nitrogen functional groups attached to an aromatic ring is 1. The monoisotopic (exact) mass is 272 g/mol. The minimum absolute atomic E-state index is 0.222. The van der Waals surface area contributed by atoms with Gasteiger partial charge in [0.2, 0.25) is 0 Å². The van der Waals surface area contributed by atoms with Crippen molar-refractivity contribution in [1.82, 2.24) is 4.98 Å². The molecule has 0 saturated heterocycles. The smallest absolute Gasteiger partial charge is 0.356 e. The van der Waals surface area contributed by atoms with Gasteiger partial charge in [0.15, 0.2) is 0 Å². The van der Waals surface area contributed by atoms with Gasteiger partial charge in [0.1, 0.15) is 5.69 Å². The van der Waals surface area contributed by atoms with Crippen LogP contribution in [-0.2, 0) is 4.74 Å². The van der Waals surface area contributed by atoms with Crippen molar-refractivity contribution in [3.8, 4) is 0 Å². The number of H-pyrrole nitrogens is 1. The summed E-state index contributed by atoms with van der Waals surface area (Å²) in [4.78, 5) is 14.5. The van der Waals surface area contributed by atoms with E-state index in [-0.39, 0.29) is 12.3 Å². The molecule has 90 valence electrons. The Balaban J connectivity index is 2.60. The quantitative estimate of drug-likeness (QED) is 0.825. The van der Waals surface area contributed by atoms with Crippen molar-refractivity contribution >= 4 is 45.8 Å². The lowest BCUT2D eigenvalue weighted by Crippen LogP contribution is -2.07. The zero-order valence-electron chi connectivity index (χ0n) is 9.01. The van der Waals surface area contributed by atoms with E-state index < -0.39 is 5.97 Å². The Kier molecular flexibility index (Phi) is 3.17. The Hall–Kier alpha value is -1.39. The molecule has 0 amide bonds. The summed E-state index contributed by atoms with van der Waals surface area (Å²) >= 11 is 11.8. The number of aromatic amines is 1. The summed E-state index contributed by atoms with van der Waals surface area (Å²) in [6.45, 7) is 2.01. The fourth-order valence-corrected chi connectivity index (χ4v) is 1.90. The second-order valence-electron chi connectivity index (χ2n) is 3.45. The van der Waals surface area contributed by atoms with E-state index in [0.29, 0.717) is 26.6 Å². The van der Waals surface area contributed by atoms with Crippen molar-refractivity contribution in [1.29, 1.82) is 0 Å². The number of esters is 1. The molecule has 0 atom stereocenters. The number of halogens is 2. The molecule has 1 aromatic carbocycles. The molecular weight excluding hydrogens is 263 g/mol. The number of fused-ring (bicyclic) bond motifs is 1. The SMILES string of the molecule is CCOC(=O)c1[nH]c2cc(Cl)c(Cl)cc2c1N. The molecule has 0 aliphatic carbocycles. The van der Waals surface area contributed by atoms with Gasteiger partial charge in [0.05, 0.1) is 22.3 Å². The highest BCUT2D eigenvalue weighted by Gasteiger charge is 2.17. The second kappa shape index (κ2) is 4.47. The van der Waals surface area contributed by atoms with Gasteiger partial charge in [-0.05, 0) is 19.1 Å². The summed E-state index contributed by atoms with van der Waals surface area (Å²) in [6, 6.07) is 3.24. The zero-order chi connectivity index (χ0) is 12.6. The average Bonchev–Trinajstić information content (AvgIpc) is 2.58. The minimum Gasteiger partial charge on any atom is -0.461 e.